The van der Waals surface area contributed by atoms with Crippen LogP contribution in [0.2, 0.25) is 0 Å². The first kappa shape index (κ1) is 18.6. The molecule has 1 atom stereocenters. The highest BCUT2D eigenvalue weighted by Crippen LogP contribution is 2.36. The molecule has 2 aromatic rings. The van der Waals surface area contributed by atoms with E-state index in [-0.39, 0.29) is 17.9 Å². The SMILES string of the molecule is CNC(=O)c1sc2nc(C3CCCCN3C(=O)CN(C)C)ccc2c1N. The largest absolute Gasteiger partial charge is 0.397 e. The third-order valence-corrected chi connectivity index (χ3v) is 5.78. The molecule has 2 amide bonds. The van der Waals surface area contributed by atoms with Crippen molar-refractivity contribution in [2.45, 2.75) is 25.3 Å². The molecule has 3 heterocycles. The molecule has 2 aromatic heterocycles. The molecular formula is C18H25N5O2S. The van der Waals surface area contributed by atoms with Gasteiger partial charge in [0.05, 0.1) is 24.0 Å². The van der Waals surface area contributed by atoms with E-state index in [1.807, 2.05) is 36.0 Å². The van der Waals surface area contributed by atoms with Crippen LogP contribution in [0, 0.1) is 0 Å². The minimum atomic E-state index is -0.201. The number of thiophene rings is 1. The zero-order valence-electron chi connectivity index (χ0n) is 15.4. The molecule has 1 unspecified atom stereocenters. The smallest absolute Gasteiger partial charge is 0.263 e. The predicted molar refractivity (Wildman–Crippen MR) is 104 cm³/mol. The van der Waals surface area contributed by atoms with Crippen LogP contribution < -0.4 is 11.1 Å². The van der Waals surface area contributed by atoms with Crippen molar-refractivity contribution in [1.29, 1.82) is 0 Å². The Morgan fingerprint density at radius 1 is 1.38 bits per heavy atom. The van der Waals surface area contributed by atoms with Crippen LogP contribution in [0.3, 0.4) is 0 Å². The Labute approximate surface area is 157 Å². The molecule has 3 rings (SSSR count). The topological polar surface area (TPSA) is 91.6 Å². The highest BCUT2D eigenvalue weighted by Gasteiger charge is 2.29. The van der Waals surface area contributed by atoms with Crippen molar-refractivity contribution in [2.75, 3.05) is 40.0 Å². The van der Waals surface area contributed by atoms with Crippen molar-refractivity contribution in [3.63, 3.8) is 0 Å². The number of hydrogen-bond acceptors (Lipinski definition) is 6. The lowest BCUT2D eigenvalue weighted by Crippen LogP contribution is -2.43. The van der Waals surface area contributed by atoms with Crippen LogP contribution in [0.25, 0.3) is 10.2 Å². The van der Waals surface area contributed by atoms with Gasteiger partial charge < -0.3 is 20.9 Å². The molecule has 3 N–H and O–H groups in total. The molecule has 26 heavy (non-hydrogen) atoms. The molecule has 0 aliphatic carbocycles. The minimum Gasteiger partial charge on any atom is -0.397 e. The Hall–Kier alpha value is -2.19. The van der Waals surface area contributed by atoms with Gasteiger partial charge in [0.25, 0.3) is 5.91 Å². The van der Waals surface area contributed by atoms with Crippen molar-refractivity contribution < 1.29 is 9.59 Å². The van der Waals surface area contributed by atoms with Gasteiger partial charge in [-0.15, -0.1) is 11.3 Å². The molecule has 0 radical (unpaired) electrons. The van der Waals surface area contributed by atoms with Crippen LogP contribution in [0.15, 0.2) is 12.1 Å². The molecule has 0 aromatic carbocycles. The van der Waals surface area contributed by atoms with Crippen molar-refractivity contribution >= 4 is 39.1 Å². The fraction of sp³-hybridized carbons (Fsp3) is 0.500. The normalized spacial score (nSPS) is 17.7. The summed E-state index contributed by atoms with van der Waals surface area (Å²) >= 11 is 1.30. The predicted octanol–water partition coefficient (Wildman–Crippen LogP) is 1.85. The summed E-state index contributed by atoms with van der Waals surface area (Å²) in [6.45, 7) is 1.15. The van der Waals surface area contributed by atoms with Gasteiger partial charge in [-0.1, -0.05) is 0 Å². The number of pyridine rings is 1. The number of aromatic nitrogens is 1. The fourth-order valence-corrected chi connectivity index (χ4v) is 4.43. The van der Waals surface area contributed by atoms with Crippen LogP contribution in [0.1, 0.15) is 40.7 Å². The zero-order chi connectivity index (χ0) is 18.8. The Morgan fingerprint density at radius 3 is 2.85 bits per heavy atom. The second-order valence-corrected chi connectivity index (χ2v) is 7.85. The van der Waals surface area contributed by atoms with E-state index in [0.29, 0.717) is 17.1 Å². The zero-order valence-corrected chi connectivity index (χ0v) is 16.2. The summed E-state index contributed by atoms with van der Waals surface area (Å²) in [5.74, 6) is -0.0779. The fourth-order valence-electron chi connectivity index (χ4n) is 3.38. The van der Waals surface area contributed by atoms with Crippen LogP contribution >= 0.6 is 11.3 Å². The van der Waals surface area contributed by atoms with Gasteiger partial charge in [0.2, 0.25) is 5.91 Å². The Morgan fingerprint density at radius 2 is 2.15 bits per heavy atom. The first-order valence-corrected chi connectivity index (χ1v) is 9.59. The Kier molecular flexibility index (Phi) is 5.43. The Balaban J connectivity index is 1.95. The molecule has 1 aliphatic heterocycles. The quantitative estimate of drug-likeness (QED) is 0.851. The number of likely N-dealkylation sites (tertiary alicyclic amines) is 1. The number of fused-ring (bicyclic) bond motifs is 1. The number of amides is 2. The second kappa shape index (κ2) is 7.59. The summed E-state index contributed by atoms with van der Waals surface area (Å²) in [5.41, 5.74) is 7.45. The average Bonchev–Trinajstić information content (AvgIpc) is 2.96. The third-order valence-electron chi connectivity index (χ3n) is 4.66. The van der Waals surface area contributed by atoms with Gasteiger partial charge in [-0.2, -0.15) is 0 Å². The average molecular weight is 375 g/mol. The van der Waals surface area contributed by atoms with Gasteiger partial charge in [0, 0.05) is 19.0 Å². The van der Waals surface area contributed by atoms with Gasteiger partial charge in [0.15, 0.2) is 0 Å². The summed E-state index contributed by atoms with van der Waals surface area (Å²) in [6, 6.07) is 3.83. The van der Waals surface area contributed by atoms with E-state index < -0.39 is 0 Å². The molecular weight excluding hydrogens is 350 g/mol. The van der Waals surface area contributed by atoms with Crippen LogP contribution in [0.4, 0.5) is 5.69 Å². The van der Waals surface area contributed by atoms with Crippen molar-refractivity contribution in [3.05, 3.63) is 22.7 Å². The van der Waals surface area contributed by atoms with Crippen molar-refractivity contribution in [2.24, 2.45) is 0 Å². The number of carbonyl (C=O) groups is 2. The maximum atomic E-state index is 12.6. The van der Waals surface area contributed by atoms with Gasteiger partial charge in [0.1, 0.15) is 9.71 Å². The number of carbonyl (C=O) groups excluding carboxylic acids is 2. The molecule has 0 spiro atoms. The molecule has 1 fully saturated rings. The number of nitrogen functional groups attached to an aromatic ring is 1. The van der Waals surface area contributed by atoms with Gasteiger partial charge in [-0.3, -0.25) is 9.59 Å². The highest BCUT2D eigenvalue weighted by molar-refractivity contribution is 7.21. The standard InChI is InChI=1S/C18H25N5O2S/c1-20-17(25)16-15(19)11-7-8-12(21-18(11)26-16)13-6-4-5-9-23(13)14(24)10-22(2)3/h7-8,13H,4-6,9-10,19H2,1-3H3,(H,20,25). The maximum Gasteiger partial charge on any atom is 0.263 e. The van der Waals surface area contributed by atoms with E-state index in [2.05, 4.69) is 5.32 Å². The monoisotopic (exact) mass is 375 g/mol. The lowest BCUT2D eigenvalue weighted by molar-refractivity contribution is -0.135. The van der Waals surface area contributed by atoms with Crippen molar-refractivity contribution in [3.8, 4) is 0 Å². The Bertz CT molecular complexity index is 832. The molecule has 140 valence electrons. The molecule has 1 aliphatic rings. The van der Waals surface area contributed by atoms with Gasteiger partial charge in [-0.25, -0.2) is 4.98 Å². The van der Waals surface area contributed by atoms with E-state index in [1.165, 1.54) is 11.3 Å². The molecule has 0 bridgehead atoms. The highest BCUT2D eigenvalue weighted by atomic mass is 32.1. The summed E-state index contributed by atoms with van der Waals surface area (Å²) < 4.78 is 0. The summed E-state index contributed by atoms with van der Waals surface area (Å²) in [6.07, 6.45) is 3.00. The number of piperidine rings is 1. The van der Waals surface area contributed by atoms with E-state index >= 15 is 0 Å². The minimum absolute atomic E-state index is 0.0209. The van der Waals surface area contributed by atoms with Crippen LogP contribution in [0.5, 0.6) is 0 Å². The number of nitrogens with two attached hydrogens (primary N) is 1. The first-order valence-electron chi connectivity index (χ1n) is 8.77. The number of hydrogen-bond donors (Lipinski definition) is 2. The number of rotatable bonds is 4. The lowest BCUT2D eigenvalue weighted by atomic mass is 9.98. The lowest BCUT2D eigenvalue weighted by Gasteiger charge is -2.36. The molecule has 0 saturated carbocycles. The molecule has 8 heteroatoms. The van der Waals surface area contributed by atoms with E-state index in [1.54, 1.807) is 7.05 Å². The van der Waals surface area contributed by atoms with Crippen molar-refractivity contribution in [1.82, 2.24) is 20.1 Å². The van der Waals surface area contributed by atoms with E-state index in [4.69, 9.17) is 10.7 Å². The molecule has 1 saturated heterocycles. The molecule has 7 nitrogen and oxygen atoms in total. The second-order valence-electron chi connectivity index (χ2n) is 6.85. The van der Waals surface area contributed by atoms with Crippen LogP contribution in [-0.2, 0) is 4.79 Å². The van der Waals surface area contributed by atoms with Crippen LogP contribution in [-0.4, -0.2) is 60.8 Å². The first-order chi connectivity index (χ1) is 12.4. The number of nitrogens with zero attached hydrogens (tertiary/aromatic N) is 3. The number of anilines is 1. The number of nitrogens with one attached hydrogen (secondary N) is 1. The summed E-state index contributed by atoms with van der Waals surface area (Å²) in [7, 11) is 5.38. The summed E-state index contributed by atoms with van der Waals surface area (Å²) in [5, 5.41) is 3.40. The van der Waals surface area contributed by atoms with Gasteiger partial charge in [-0.05, 0) is 45.5 Å². The maximum absolute atomic E-state index is 12.6. The third kappa shape index (κ3) is 3.52. The number of likely N-dealkylation sites (N-methyl/N-ethyl adjacent to an activating group) is 1. The van der Waals surface area contributed by atoms with E-state index in [0.717, 1.165) is 41.7 Å². The van der Waals surface area contributed by atoms with Gasteiger partial charge >= 0.3 is 0 Å². The van der Waals surface area contributed by atoms with E-state index in [9.17, 15) is 9.59 Å². The summed E-state index contributed by atoms with van der Waals surface area (Å²) in [4.78, 5) is 34.4.